The summed E-state index contributed by atoms with van der Waals surface area (Å²) in [5.41, 5.74) is 0.776. The van der Waals surface area contributed by atoms with E-state index in [-0.39, 0.29) is 23.8 Å². The lowest BCUT2D eigenvalue weighted by atomic mass is 9.95. The molecule has 0 unspecified atom stereocenters. The molecule has 2 aliphatic rings. The second-order valence-corrected chi connectivity index (χ2v) is 10.5. The number of hydrogen-bond donors (Lipinski definition) is 1. The lowest BCUT2D eigenvalue weighted by Crippen LogP contribution is -2.44. The van der Waals surface area contributed by atoms with Gasteiger partial charge in [-0.2, -0.15) is 0 Å². The molecule has 0 bridgehead atoms. The molecule has 0 spiro atoms. The van der Waals surface area contributed by atoms with Gasteiger partial charge in [0.25, 0.3) is 5.56 Å². The van der Waals surface area contributed by atoms with Crippen LogP contribution in [0.4, 0.5) is 4.79 Å². The number of amides is 1. The number of pyridine rings is 1. The third-order valence-corrected chi connectivity index (χ3v) is 6.89. The maximum Gasteiger partial charge on any atom is 0.410 e. The number of hydrogen-bond acceptors (Lipinski definition) is 5. The summed E-state index contributed by atoms with van der Waals surface area (Å²) in [5.74, 6) is 0.602. The van der Waals surface area contributed by atoms with E-state index in [0.717, 1.165) is 16.5 Å². The van der Waals surface area contributed by atoms with Gasteiger partial charge in [-0.15, -0.1) is 0 Å². The number of fused-ring (bicyclic) bond motifs is 2. The third-order valence-electron chi connectivity index (χ3n) is 6.64. The minimum atomic E-state index is -0.940. The average Bonchev–Trinajstić information content (AvgIpc) is 3.17. The molecule has 2 aromatic carbocycles. The zero-order valence-electron chi connectivity index (χ0n) is 19.9. The highest BCUT2D eigenvalue weighted by Gasteiger charge is 2.39. The molecule has 1 aromatic heterocycles. The fourth-order valence-electron chi connectivity index (χ4n) is 4.93. The molecule has 2 saturated heterocycles. The van der Waals surface area contributed by atoms with Crippen LogP contribution in [0.25, 0.3) is 10.8 Å². The Morgan fingerprint density at radius 3 is 2.69 bits per heavy atom. The summed E-state index contributed by atoms with van der Waals surface area (Å²) in [7, 11) is 0. The van der Waals surface area contributed by atoms with E-state index in [1.165, 1.54) is 0 Å². The number of nitrogens with zero attached hydrogens (tertiary/aromatic N) is 2. The van der Waals surface area contributed by atoms with Crippen LogP contribution in [0.2, 0.25) is 5.02 Å². The molecule has 2 aliphatic heterocycles. The predicted molar refractivity (Wildman–Crippen MR) is 134 cm³/mol. The summed E-state index contributed by atoms with van der Waals surface area (Å²) in [6.07, 6.45) is 3.16. The molecule has 5 rings (SSSR count). The summed E-state index contributed by atoms with van der Waals surface area (Å²) >= 11 is 5.99. The van der Waals surface area contributed by atoms with Crippen LogP contribution < -0.4 is 10.3 Å². The molecule has 2 fully saturated rings. The normalized spacial score (nSPS) is 20.1. The Bertz CT molecular complexity index is 1310. The monoisotopic (exact) mass is 496 g/mol. The molecular formula is C27H29ClN2O5. The minimum absolute atomic E-state index is 0.0102. The number of carbonyl (C=O) groups is 1. The Labute approximate surface area is 208 Å². The Morgan fingerprint density at radius 2 is 1.94 bits per heavy atom. The molecule has 184 valence electrons. The van der Waals surface area contributed by atoms with Gasteiger partial charge in [0.2, 0.25) is 0 Å². The standard InChI is InChI=1S/C27H29ClN2O5/c1-27(2,33)14-19-11-18-7-9-29(15-17-3-5-20(28)6-4-17)25(31)23(18)13-24(19)35-22-8-10-30-21(12-22)16-34-26(30)32/h3-7,9,11,13,21-22,33H,8,10,12,14-16H2,1-2H3/t21-,22-/m0/s1. The average molecular weight is 497 g/mol. The number of benzene rings is 2. The molecule has 2 atom stereocenters. The van der Waals surface area contributed by atoms with Crippen LogP contribution in [-0.4, -0.2) is 51.6 Å². The molecule has 3 aromatic rings. The van der Waals surface area contributed by atoms with E-state index in [4.69, 9.17) is 21.1 Å². The molecule has 1 amide bonds. The Balaban J connectivity index is 1.48. The van der Waals surface area contributed by atoms with Gasteiger partial charge in [0.15, 0.2) is 0 Å². The molecular weight excluding hydrogens is 468 g/mol. The van der Waals surface area contributed by atoms with Gasteiger partial charge in [-0.3, -0.25) is 4.79 Å². The van der Waals surface area contributed by atoms with E-state index in [0.29, 0.717) is 55.1 Å². The maximum atomic E-state index is 13.4. The van der Waals surface area contributed by atoms with E-state index in [1.54, 1.807) is 35.6 Å². The number of ether oxygens (including phenoxy) is 2. The van der Waals surface area contributed by atoms with Crippen LogP contribution in [0.5, 0.6) is 5.75 Å². The Kier molecular flexibility index (Phi) is 6.23. The topological polar surface area (TPSA) is 81.0 Å². The van der Waals surface area contributed by atoms with Crippen LogP contribution in [-0.2, 0) is 17.7 Å². The van der Waals surface area contributed by atoms with Crippen LogP contribution in [0.15, 0.2) is 53.5 Å². The second-order valence-electron chi connectivity index (χ2n) is 10.1. The maximum absolute atomic E-state index is 13.4. The fraction of sp³-hybridized carbons (Fsp3) is 0.407. The van der Waals surface area contributed by atoms with Crippen molar-refractivity contribution in [2.24, 2.45) is 0 Å². The number of carbonyl (C=O) groups excluding carboxylic acids is 1. The molecule has 1 N–H and O–H groups in total. The van der Waals surface area contributed by atoms with Crippen LogP contribution in [0.1, 0.15) is 37.8 Å². The first-order valence-corrected chi connectivity index (χ1v) is 12.3. The van der Waals surface area contributed by atoms with Gasteiger partial charge in [0.1, 0.15) is 18.5 Å². The van der Waals surface area contributed by atoms with Gasteiger partial charge in [-0.05, 0) is 60.7 Å². The zero-order valence-corrected chi connectivity index (χ0v) is 20.6. The van der Waals surface area contributed by atoms with Gasteiger partial charge < -0.3 is 24.0 Å². The molecule has 0 saturated carbocycles. The highest BCUT2D eigenvalue weighted by molar-refractivity contribution is 6.30. The molecule has 35 heavy (non-hydrogen) atoms. The lowest BCUT2D eigenvalue weighted by Gasteiger charge is -2.33. The van der Waals surface area contributed by atoms with Crippen molar-refractivity contribution in [1.29, 1.82) is 0 Å². The minimum Gasteiger partial charge on any atom is -0.490 e. The number of aromatic nitrogens is 1. The molecule has 3 heterocycles. The molecule has 0 radical (unpaired) electrons. The fourth-order valence-corrected chi connectivity index (χ4v) is 5.06. The summed E-state index contributed by atoms with van der Waals surface area (Å²) in [6, 6.07) is 13.1. The van der Waals surface area contributed by atoms with E-state index >= 15 is 0 Å². The predicted octanol–water partition coefficient (Wildman–Crippen LogP) is 4.38. The second kappa shape index (κ2) is 9.21. The van der Waals surface area contributed by atoms with E-state index < -0.39 is 5.60 Å². The van der Waals surface area contributed by atoms with Crippen molar-refractivity contribution in [3.63, 3.8) is 0 Å². The summed E-state index contributed by atoms with van der Waals surface area (Å²) in [5, 5.41) is 12.5. The molecule has 8 heteroatoms. The highest BCUT2D eigenvalue weighted by Crippen LogP contribution is 2.32. The van der Waals surface area contributed by atoms with Crippen LogP contribution in [0, 0.1) is 0 Å². The van der Waals surface area contributed by atoms with E-state index in [1.807, 2.05) is 36.4 Å². The van der Waals surface area contributed by atoms with Crippen molar-refractivity contribution in [3.05, 3.63) is 75.2 Å². The largest absolute Gasteiger partial charge is 0.490 e. The lowest BCUT2D eigenvalue weighted by molar-refractivity contribution is 0.0745. The molecule has 0 aliphatic carbocycles. The number of piperidine rings is 1. The summed E-state index contributed by atoms with van der Waals surface area (Å²) < 4.78 is 13.3. The van der Waals surface area contributed by atoms with E-state index in [9.17, 15) is 14.7 Å². The first-order valence-electron chi connectivity index (χ1n) is 11.9. The van der Waals surface area contributed by atoms with Gasteiger partial charge >= 0.3 is 6.09 Å². The zero-order chi connectivity index (χ0) is 24.7. The van der Waals surface area contributed by atoms with Gasteiger partial charge in [0.05, 0.1) is 23.6 Å². The van der Waals surface area contributed by atoms with Crippen molar-refractivity contribution in [3.8, 4) is 5.75 Å². The number of rotatable bonds is 6. The van der Waals surface area contributed by atoms with Crippen molar-refractivity contribution in [1.82, 2.24) is 9.47 Å². The number of aliphatic hydroxyl groups is 1. The Hall–Kier alpha value is -3.03. The van der Waals surface area contributed by atoms with Crippen molar-refractivity contribution < 1.29 is 19.4 Å². The number of halogens is 1. The quantitative estimate of drug-likeness (QED) is 0.547. The van der Waals surface area contributed by atoms with Gasteiger partial charge in [-0.25, -0.2) is 4.79 Å². The van der Waals surface area contributed by atoms with Gasteiger partial charge in [0, 0.05) is 37.0 Å². The van der Waals surface area contributed by atoms with Crippen molar-refractivity contribution in [2.45, 2.75) is 57.4 Å². The summed E-state index contributed by atoms with van der Waals surface area (Å²) in [6.45, 7) is 4.90. The van der Waals surface area contributed by atoms with Gasteiger partial charge in [-0.1, -0.05) is 23.7 Å². The SMILES string of the molecule is CC(C)(O)Cc1cc2ccn(Cc3ccc(Cl)cc3)c(=O)c2cc1O[C@H]1CCN2C(=O)OC[C@@H]2C1. The number of cyclic esters (lactones) is 1. The summed E-state index contributed by atoms with van der Waals surface area (Å²) in [4.78, 5) is 27.0. The molecule has 7 nitrogen and oxygen atoms in total. The Morgan fingerprint density at radius 1 is 1.17 bits per heavy atom. The van der Waals surface area contributed by atoms with Crippen molar-refractivity contribution >= 4 is 28.5 Å². The van der Waals surface area contributed by atoms with Crippen LogP contribution >= 0.6 is 11.6 Å². The smallest absolute Gasteiger partial charge is 0.410 e. The van der Waals surface area contributed by atoms with Crippen molar-refractivity contribution in [2.75, 3.05) is 13.2 Å². The van der Waals surface area contributed by atoms with Crippen LogP contribution in [0.3, 0.4) is 0 Å². The first kappa shape index (κ1) is 23.7. The van der Waals surface area contributed by atoms with E-state index in [2.05, 4.69) is 0 Å². The first-order chi connectivity index (χ1) is 16.7. The third kappa shape index (κ3) is 5.16. The highest BCUT2D eigenvalue weighted by atomic mass is 35.5.